The maximum atomic E-state index is 13.6. The van der Waals surface area contributed by atoms with Crippen LogP contribution in [0.4, 0.5) is 0 Å². The van der Waals surface area contributed by atoms with E-state index >= 15 is 0 Å². The fraction of sp³-hybridized carbons (Fsp3) is 0.407. The third-order valence-corrected chi connectivity index (χ3v) is 7.69. The first-order valence-electron chi connectivity index (χ1n) is 12.1. The van der Waals surface area contributed by atoms with E-state index in [4.69, 9.17) is 25.4 Å². The number of nitrogens with one attached hydrogen (secondary N) is 1. The van der Waals surface area contributed by atoms with E-state index in [-0.39, 0.29) is 46.6 Å². The Hall–Kier alpha value is -3.64. The number of hydrogen-bond acceptors (Lipinski definition) is 11. The summed E-state index contributed by atoms with van der Waals surface area (Å²) in [6, 6.07) is 3.78. The number of ether oxygens (including phenoxy) is 3. The number of hydrogen-bond donors (Lipinski definition) is 5. The molecule has 3 unspecified atom stereocenters. The molecule has 0 radical (unpaired) electrons. The lowest BCUT2D eigenvalue weighted by atomic mass is 9.72. The number of rotatable bonds is 4. The predicted octanol–water partition coefficient (Wildman–Crippen LogP) is 1.69. The molecule has 2 aromatic rings. The molecule has 200 valence electrons. The van der Waals surface area contributed by atoms with Crippen LogP contribution >= 0.6 is 0 Å². The molecular formula is C27H28N2O9. The maximum Gasteiger partial charge on any atom is 0.202 e. The van der Waals surface area contributed by atoms with Crippen LogP contribution in [0.3, 0.4) is 0 Å². The number of methoxy groups -OCH3 is 1. The average Bonchev–Trinajstić information content (AvgIpc) is 2.87. The summed E-state index contributed by atoms with van der Waals surface area (Å²) in [5.74, 6) is -3.15. The van der Waals surface area contributed by atoms with Gasteiger partial charge in [0.2, 0.25) is 5.78 Å². The van der Waals surface area contributed by atoms with E-state index in [1.54, 1.807) is 6.92 Å². The summed E-state index contributed by atoms with van der Waals surface area (Å²) in [6.45, 7) is 2.82. The quantitative estimate of drug-likeness (QED) is 0.314. The number of carbonyl (C=O) groups is 3. The van der Waals surface area contributed by atoms with Crippen molar-refractivity contribution in [2.24, 2.45) is 5.73 Å². The molecule has 2 aliphatic carbocycles. The number of benzene rings is 2. The summed E-state index contributed by atoms with van der Waals surface area (Å²) in [6.07, 6.45) is -3.49. The monoisotopic (exact) mass is 524 g/mol. The molecule has 1 saturated heterocycles. The molecule has 0 spiro atoms. The number of aromatic hydroxyl groups is 2. The number of carbonyl (C=O) groups excluding carboxylic acids is 3. The number of Topliss-reactive ketones (excluding diaryl/α,β-unsaturated/α-hetero) is 1. The van der Waals surface area contributed by atoms with Crippen molar-refractivity contribution in [3.63, 3.8) is 0 Å². The smallest absolute Gasteiger partial charge is 0.202 e. The highest BCUT2D eigenvalue weighted by Gasteiger charge is 2.49. The highest BCUT2D eigenvalue weighted by atomic mass is 16.7. The van der Waals surface area contributed by atoms with Gasteiger partial charge in [-0.15, -0.1) is 0 Å². The number of fused-ring (bicyclic) bond motifs is 3. The minimum atomic E-state index is -1.99. The third kappa shape index (κ3) is 3.73. The number of aliphatic hydroxyl groups is 1. The van der Waals surface area contributed by atoms with Crippen molar-refractivity contribution in [1.82, 2.24) is 0 Å². The van der Waals surface area contributed by atoms with Crippen molar-refractivity contribution >= 4 is 23.1 Å². The molecule has 5 atom stereocenters. The lowest BCUT2D eigenvalue weighted by Crippen LogP contribution is -2.50. The summed E-state index contributed by atoms with van der Waals surface area (Å²) in [5, 5.41) is 42.0. The summed E-state index contributed by atoms with van der Waals surface area (Å²) in [7, 11) is 1.34. The van der Waals surface area contributed by atoms with Gasteiger partial charge in [-0.2, -0.15) is 0 Å². The molecule has 2 aromatic carbocycles. The Bertz CT molecular complexity index is 1400. The van der Waals surface area contributed by atoms with Crippen molar-refractivity contribution in [2.75, 3.05) is 7.11 Å². The Labute approximate surface area is 217 Å². The van der Waals surface area contributed by atoms with Crippen molar-refractivity contribution in [3.8, 4) is 17.2 Å². The minimum Gasteiger partial charge on any atom is -0.507 e. The van der Waals surface area contributed by atoms with Gasteiger partial charge in [0.05, 0.1) is 41.7 Å². The molecular weight excluding hydrogens is 496 g/mol. The molecule has 11 heteroatoms. The van der Waals surface area contributed by atoms with Gasteiger partial charge in [0.25, 0.3) is 0 Å². The van der Waals surface area contributed by atoms with E-state index in [1.165, 1.54) is 32.2 Å². The fourth-order valence-corrected chi connectivity index (χ4v) is 5.57. The SMILES string of the molecule is COc1cccc2c1C(=O)c1c(O)c3c(c(O)c1C2=O)C[C@@](O)(C(C)=O)C[C@@H]3OC1CC(N)C(=N)C(C)O1. The molecule has 3 aliphatic rings. The largest absolute Gasteiger partial charge is 0.507 e. The van der Waals surface area contributed by atoms with Gasteiger partial charge < -0.3 is 40.7 Å². The van der Waals surface area contributed by atoms with E-state index in [1.807, 2.05) is 0 Å². The van der Waals surface area contributed by atoms with Crippen molar-refractivity contribution < 1.29 is 43.9 Å². The third-order valence-electron chi connectivity index (χ3n) is 7.69. The summed E-state index contributed by atoms with van der Waals surface area (Å²) >= 11 is 0. The van der Waals surface area contributed by atoms with E-state index in [0.717, 1.165) is 0 Å². The molecule has 1 aliphatic heterocycles. The average molecular weight is 525 g/mol. The summed E-state index contributed by atoms with van der Waals surface area (Å²) < 4.78 is 17.1. The number of phenolic OH excluding ortho intramolecular Hbond substituents is 2. The van der Waals surface area contributed by atoms with Gasteiger partial charge in [-0.3, -0.25) is 14.4 Å². The van der Waals surface area contributed by atoms with Gasteiger partial charge in [0.1, 0.15) is 22.8 Å². The predicted molar refractivity (Wildman–Crippen MR) is 132 cm³/mol. The number of nitrogens with two attached hydrogens (primary N) is 1. The first-order valence-corrected chi connectivity index (χ1v) is 12.1. The zero-order chi connectivity index (χ0) is 27.7. The molecule has 5 rings (SSSR count). The van der Waals surface area contributed by atoms with Gasteiger partial charge >= 0.3 is 0 Å². The van der Waals surface area contributed by atoms with Gasteiger partial charge in [-0.05, 0) is 19.9 Å². The van der Waals surface area contributed by atoms with Crippen LogP contribution in [0.1, 0.15) is 75.8 Å². The first kappa shape index (κ1) is 26.0. The zero-order valence-corrected chi connectivity index (χ0v) is 21.0. The molecule has 0 aromatic heterocycles. The van der Waals surface area contributed by atoms with Crippen LogP contribution in [-0.2, 0) is 20.7 Å². The van der Waals surface area contributed by atoms with Gasteiger partial charge in [-0.25, -0.2) is 0 Å². The molecule has 6 N–H and O–H groups in total. The Morgan fingerprint density at radius 2 is 1.84 bits per heavy atom. The molecule has 0 amide bonds. The summed E-state index contributed by atoms with van der Waals surface area (Å²) in [5.41, 5.74) is 3.22. The van der Waals surface area contributed by atoms with E-state index < -0.39 is 76.5 Å². The standard InChI is InChI=1S/C27H28N2O9/c1-10-22(29)14(28)7-17(37-10)38-16-9-27(35,11(2)30)8-13-19(16)26(34)21-20(24(13)32)23(31)12-5-4-6-15(36-3)18(12)25(21)33/h4-6,10,14,16-17,29,32,34-35H,7-9,28H2,1-3H3/t10?,14?,16-,17?,27-/m0/s1. The Morgan fingerprint density at radius 3 is 2.47 bits per heavy atom. The molecule has 0 bridgehead atoms. The lowest BCUT2D eigenvalue weighted by Gasteiger charge is -2.41. The van der Waals surface area contributed by atoms with Crippen LogP contribution < -0.4 is 10.5 Å². The highest BCUT2D eigenvalue weighted by molar-refractivity contribution is 6.31. The van der Waals surface area contributed by atoms with Gasteiger partial charge in [0.15, 0.2) is 17.9 Å². The second-order valence-electron chi connectivity index (χ2n) is 9.98. The van der Waals surface area contributed by atoms with Crippen molar-refractivity contribution in [1.29, 1.82) is 5.41 Å². The Morgan fingerprint density at radius 1 is 1.16 bits per heavy atom. The normalized spacial score (nSPS) is 28.4. The molecule has 38 heavy (non-hydrogen) atoms. The molecule has 11 nitrogen and oxygen atoms in total. The van der Waals surface area contributed by atoms with Crippen LogP contribution in [0.2, 0.25) is 0 Å². The van der Waals surface area contributed by atoms with E-state index in [2.05, 4.69) is 0 Å². The Balaban J connectivity index is 1.69. The second kappa shape index (κ2) is 8.98. The maximum absolute atomic E-state index is 13.6. The topological polar surface area (TPSA) is 189 Å². The van der Waals surface area contributed by atoms with E-state index in [0.29, 0.717) is 0 Å². The van der Waals surface area contributed by atoms with Crippen molar-refractivity contribution in [3.05, 3.63) is 51.6 Å². The first-order chi connectivity index (χ1) is 17.9. The van der Waals surface area contributed by atoms with Gasteiger partial charge in [-0.1, -0.05) is 12.1 Å². The van der Waals surface area contributed by atoms with Crippen LogP contribution in [0.15, 0.2) is 18.2 Å². The Kier molecular flexibility index (Phi) is 6.14. The molecule has 1 heterocycles. The fourth-order valence-electron chi connectivity index (χ4n) is 5.57. The lowest BCUT2D eigenvalue weighted by molar-refractivity contribution is -0.205. The van der Waals surface area contributed by atoms with Crippen molar-refractivity contribution in [2.45, 2.75) is 63.3 Å². The minimum absolute atomic E-state index is 0.0111. The number of phenols is 2. The molecule has 1 fully saturated rings. The zero-order valence-electron chi connectivity index (χ0n) is 21.0. The summed E-state index contributed by atoms with van der Waals surface area (Å²) in [4.78, 5) is 39.6. The second-order valence-corrected chi connectivity index (χ2v) is 9.98. The molecule has 0 saturated carbocycles. The number of ketones is 3. The van der Waals surface area contributed by atoms with Crippen LogP contribution in [-0.4, -0.2) is 69.5 Å². The van der Waals surface area contributed by atoms with Crippen LogP contribution in [0, 0.1) is 5.41 Å². The van der Waals surface area contributed by atoms with E-state index in [9.17, 15) is 29.7 Å². The van der Waals surface area contributed by atoms with Crippen LogP contribution in [0.25, 0.3) is 0 Å². The van der Waals surface area contributed by atoms with Crippen LogP contribution in [0.5, 0.6) is 17.2 Å². The highest BCUT2D eigenvalue weighted by Crippen LogP contribution is 2.52. The van der Waals surface area contributed by atoms with Gasteiger partial charge in [0, 0.05) is 42.0 Å².